The number of carbonyl (C=O) groups is 3. The number of benzene rings is 2. The van der Waals surface area contributed by atoms with Gasteiger partial charge in [-0.15, -0.1) is 21.5 Å². The van der Waals surface area contributed by atoms with Crippen molar-refractivity contribution in [1.82, 2.24) is 25.4 Å². The van der Waals surface area contributed by atoms with E-state index in [0.29, 0.717) is 29.5 Å². The molecule has 1 atom stereocenters. The maximum Gasteiger partial charge on any atom is 0.244 e. The average Bonchev–Trinajstić information content (AvgIpc) is 3.50. The van der Waals surface area contributed by atoms with Gasteiger partial charge in [0.05, 0.1) is 19.2 Å². The van der Waals surface area contributed by atoms with Crippen LogP contribution in [0.25, 0.3) is 5.00 Å². The fraction of sp³-hybridized carbons (Fsp3) is 0.294. The molecule has 2 aliphatic rings. The van der Waals surface area contributed by atoms with Crippen LogP contribution in [0.5, 0.6) is 5.75 Å². The Morgan fingerprint density at radius 3 is 2.47 bits per heavy atom. The molecule has 242 valence electrons. The Kier molecular flexibility index (Phi) is 9.07. The molecule has 2 amide bonds. The molecular formula is C34H32ClFN6O4S. The van der Waals surface area contributed by atoms with E-state index in [4.69, 9.17) is 21.3 Å². The highest BCUT2D eigenvalue weighted by atomic mass is 35.5. The summed E-state index contributed by atoms with van der Waals surface area (Å²) in [5, 5.41) is 16.3. The van der Waals surface area contributed by atoms with Crippen molar-refractivity contribution in [3.05, 3.63) is 104 Å². The van der Waals surface area contributed by atoms with Crippen LogP contribution < -0.4 is 15.4 Å². The van der Waals surface area contributed by atoms with Gasteiger partial charge in [0.1, 0.15) is 16.9 Å². The molecule has 2 aromatic heterocycles. The minimum atomic E-state index is -0.662. The van der Waals surface area contributed by atoms with Gasteiger partial charge in [-0.25, -0.2) is 4.39 Å². The highest BCUT2D eigenvalue weighted by Gasteiger charge is 2.35. The SMILES string of the molecule is COc1ccc(C(=O)/C=C/C(=O)NC2CC(NC(=O)C[C@@H]3N=C(c4ccc(Cl)cc4)c4c(sc(C)c4C)-n4c(C)nnc43)C2)cc1F. The monoisotopic (exact) mass is 674 g/mol. The predicted octanol–water partition coefficient (Wildman–Crippen LogP) is 5.54. The first kappa shape index (κ1) is 32.3. The summed E-state index contributed by atoms with van der Waals surface area (Å²) in [7, 11) is 1.33. The third-order valence-corrected chi connectivity index (χ3v) is 9.85. The van der Waals surface area contributed by atoms with Crippen molar-refractivity contribution in [3.8, 4) is 10.8 Å². The molecule has 0 saturated heterocycles. The lowest BCUT2D eigenvalue weighted by atomic mass is 9.86. The maximum atomic E-state index is 13.9. The van der Waals surface area contributed by atoms with Gasteiger partial charge in [0.2, 0.25) is 11.8 Å². The Morgan fingerprint density at radius 2 is 1.77 bits per heavy atom. The Morgan fingerprint density at radius 1 is 1.04 bits per heavy atom. The zero-order valence-corrected chi connectivity index (χ0v) is 27.7. The molecule has 3 heterocycles. The Hall–Kier alpha value is -4.68. The van der Waals surface area contributed by atoms with Crippen LogP contribution in [0.1, 0.15) is 68.9 Å². The van der Waals surface area contributed by atoms with Gasteiger partial charge in [-0.05, 0) is 75.6 Å². The molecule has 0 unspecified atom stereocenters. The van der Waals surface area contributed by atoms with Crippen LogP contribution in [0.15, 0.2) is 59.6 Å². The summed E-state index contributed by atoms with van der Waals surface area (Å²) < 4.78 is 20.8. The van der Waals surface area contributed by atoms with Gasteiger partial charge in [-0.3, -0.25) is 23.9 Å². The maximum absolute atomic E-state index is 13.9. The van der Waals surface area contributed by atoms with Crippen LogP contribution in [0, 0.1) is 26.6 Å². The molecule has 0 spiro atoms. The summed E-state index contributed by atoms with van der Waals surface area (Å²) in [6.45, 7) is 6.04. The summed E-state index contributed by atoms with van der Waals surface area (Å²) >= 11 is 7.84. The number of rotatable bonds is 9. The Labute approximate surface area is 279 Å². The first-order chi connectivity index (χ1) is 22.5. The number of allylic oxidation sites excluding steroid dienone is 1. The lowest BCUT2D eigenvalue weighted by Crippen LogP contribution is -2.53. The number of aromatic nitrogens is 3. The molecule has 6 rings (SSSR count). The first-order valence-electron chi connectivity index (χ1n) is 15.0. The quantitative estimate of drug-likeness (QED) is 0.177. The molecule has 4 aromatic rings. The molecule has 10 nitrogen and oxygen atoms in total. The third kappa shape index (κ3) is 6.61. The van der Waals surface area contributed by atoms with Crippen LogP contribution in [-0.4, -0.2) is 57.3 Å². The van der Waals surface area contributed by atoms with Gasteiger partial charge in [0.15, 0.2) is 23.2 Å². The minimum absolute atomic E-state index is 0.0277. The number of nitrogens with one attached hydrogen (secondary N) is 2. The van der Waals surface area contributed by atoms with Crippen molar-refractivity contribution < 1.29 is 23.5 Å². The van der Waals surface area contributed by atoms with Gasteiger partial charge in [-0.2, -0.15) is 0 Å². The van der Waals surface area contributed by atoms with E-state index in [1.54, 1.807) is 11.3 Å². The zero-order chi connectivity index (χ0) is 33.4. The highest BCUT2D eigenvalue weighted by molar-refractivity contribution is 7.15. The molecule has 1 fully saturated rings. The number of nitrogens with zero attached hydrogens (tertiary/aromatic N) is 4. The zero-order valence-electron chi connectivity index (χ0n) is 26.1. The summed E-state index contributed by atoms with van der Waals surface area (Å²) in [6, 6.07) is 10.5. The molecule has 1 saturated carbocycles. The van der Waals surface area contributed by atoms with Crippen LogP contribution in [0.2, 0.25) is 5.02 Å². The Balaban J connectivity index is 1.10. The van der Waals surface area contributed by atoms with Crippen LogP contribution in [0.3, 0.4) is 0 Å². The molecule has 0 radical (unpaired) electrons. The van der Waals surface area contributed by atoms with E-state index in [1.165, 1.54) is 19.2 Å². The second-order valence-corrected chi connectivity index (χ2v) is 13.2. The number of methoxy groups -OCH3 is 1. The highest BCUT2D eigenvalue weighted by Crippen LogP contribution is 2.39. The summed E-state index contributed by atoms with van der Waals surface area (Å²) in [5.41, 5.74) is 3.87. The normalized spacial score (nSPS) is 18.4. The summed E-state index contributed by atoms with van der Waals surface area (Å²) in [5.74, 6) is -0.465. The lowest BCUT2D eigenvalue weighted by Gasteiger charge is -2.36. The number of thiophene rings is 1. The smallest absolute Gasteiger partial charge is 0.244 e. The third-order valence-electron chi connectivity index (χ3n) is 8.41. The van der Waals surface area contributed by atoms with Gasteiger partial charge < -0.3 is 15.4 Å². The number of ether oxygens (including phenoxy) is 1. The molecule has 0 bridgehead atoms. The van der Waals surface area contributed by atoms with E-state index in [1.807, 2.05) is 35.8 Å². The van der Waals surface area contributed by atoms with Gasteiger partial charge >= 0.3 is 0 Å². The molecule has 1 aliphatic carbocycles. The topological polar surface area (TPSA) is 128 Å². The minimum Gasteiger partial charge on any atom is -0.494 e. The van der Waals surface area contributed by atoms with Gasteiger partial charge in [0.25, 0.3) is 0 Å². The standard InChI is InChI=1S/C34H32ClFN6O4S/c1-17-18(2)47-34-31(17)32(20-5-8-22(35)9-6-20)39-26(33-41-40-19(3)42(33)34)16-30(45)38-24-14-23(15-24)37-29(44)12-10-27(43)21-7-11-28(46-4)25(36)13-21/h5-13,23-24,26H,14-16H2,1-4H3,(H,37,44)(H,38,45)/b12-10+/t23?,24?,26-/m0/s1. The summed E-state index contributed by atoms with van der Waals surface area (Å²) in [4.78, 5) is 44.4. The number of carbonyl (C=O) groups excluding carboxylic acids is 3. The number of fused-ring (bicyclic) bond motifs is 3. The van der Waals surface area contributed by atoms with Crippen LogP contribution >= 0.6 is 22.9 Å². The molecule has 13 heteroatoms. The van der Waals surface area contributed by atoms with Crippen LogP contribution in [-0.2, 0) is 9.59 Å². The van der Waals surface area contributed by atoms with Gasteiger partial charge in [-0.1, -0.05) is 23.7 Å². The van der Waals surface area contributed by atoms with E-state index in [0.717, 1.165) is 50.5 Å². The first-order valence-corrected chi connectivity index (χ1v) is 16.2. The summed E-state index contributed by atoms with van der Waals surface area (Å²) in [6.07, 6.45) is 3.36. The van der Waals surface area contributed by atoms with Crippen molar-refractivity contribution in [2.45, 2.75) is 58.2 Å². The number of aliphatic imine (C=N–C) groups is 1. The number of hydrogen-bond acceptors (Lipinski definition) is 8. The second-order valence-electron chi connectivity index (χ2n) is 11.6. The van der Waals surface area contributed by atoms with E-state index in [-0.39, 0.29) is 35.7 Å². The van der Waals surface area contributed by atoms with Crippen LogP contribution in [0.4, 0.5) is 4.39 Å². The van der Waals surface area contributed by atoms with Gasteiger partial charge in [0, 0.05) is 44.7 Å². The Bertz CT molecular complexity index is 1940. The van der Waals surface area contributed by atoms with E-state index >= 15 is 0 Å². The molecule has 2 N–H and O–H groups in total. The number of halogens is 2. The molecule has 47 heavy (non-hydrogen) atoms. The number of aryl methyl sites for hydroxylation is 2. The average molecular weight is 675 g/mol. The molecular weight excluding hydrogens is 643 g/mol. The van der Waals surface area contributed by atoms with Crippen molar-refractivity contribution in [1.29, 1.82) is 0 Å². The predicted molar refractivity (Wildman–Crippen MR) is 177 cm³/mol. The largest absolute Gasteiger partial charge is 0.494 e. The van der Waals surface area contributed by atoms with E-state index < -0.39 is 23.5 Å². The molecule has 2 aromatic carbocycles. The fourth-order valence-electron chi connectivity index (χ4n) is 5.76. The number of amides is 2. The fourth-order valence-corrected chi connectivity index (χ4v) is 7.10. The van der Waals surface area contributed by atoms with Crippen molar-refractivity contribution in [2.24, 2.45) is 4.99 Å². The number of ketones is 1. The van der Waals surface area contributed by atoms with Crippen molar-refractivity contribution in [3.63, 3.8) is 0 Å². The van der Waals surface area contributed by atoms with Crippen molar-refractivity contribution in [2.75, 3.05) is 7.11 Å². The second kappa shape index (κ2) is 13.2. The lowest BCUT2D eigenvalue weighted by molar-refractivity contribution is -0.123. The van der Waals surface area contributed by atoms with E-state index in [2.05, 4.69) is 34.7 Å². The number of hydrogen-bond donors (Lipinski definition) is 2. The molecule has 1 aliphatic heterocycles. The van der Waals surface area contributed by atoms with E-state index in [9.17, 15) is 18.8 Å². The van der Waals surface area contributed by atoms with Crippen molar-refractivity contribution >= 4 is 46.2 Å².